The summed E-state index contributed by atoms with van der Waals surface area (Å²) in [5, 5.41) is 21.3. The summed E-state index contributed by atoms with van der Waals surface area (Å²) in [5.41, 5.74) is 5.27. The van der Waals surface area contributed by atoms with Crippen LogP contribution >= 0.6 is 0 Å². The molecule has 264 valence electrons. The zero-order valence-corrected chi connectivity index (χ0v) is 29.4. The molecule has 0 saturated carbocycles. The molecular formula is C39H62N2O6. The fourth-order valence-electron chi connectivity index (χ4n) is 8.51. The van der Waals surface area contributed by atoms with Gasteiger partial charge in [-0.3, -0.25) is 9.80 Å². The molecule has 3 unspecified atom stereocenters. The zero-order chi connectivity index (χ0) is 33.1. The van der Waals surface area contributed by atoms with Crippen molar-refractivity contribution >= 4 is 0 Å². The molecule has 8 heteroatoms. The molecule has 0 bridgehead atoms. The average Bonchev–Trinajstić information content (AvgIpc) is 3.04. The van der Waals surface area contributed by atoms with Crippen molar-refractivity contribution < 1.29 is 29.2 Å². The summed E-state index contributed by atoms with van der Waals surface area (Å²) >= 11 is 0. The quantitative estimate of drug-likeness (QED) is 0.326. The molecule has 2 aromatic carbocycles. The minimum Gasteiger partial charge on any atom is -0.493 e. The van der Waals surface area contributed by atoms with Gasteiger partial charge in [0, 0.05) is 38.3 Å². The van der Waals surface area contributed by atoms with Gasteiger partial charge in [0.25, 0.3) is 0 Å². The Balaban J connectivity index is 0.000000208. The summed E-state index contributed by atoms with van der Waals surface area (Å²) in [6.07, 6.45) is 5.50. The van der Waals surface area contributed by atoms with Crippen LogP contribution in [0.4, 0.5) is 0 Å². The van der Waals surface area contributed by atoms with Crippen molar-refractivity contribution in [2.24, 2.45) is 23.7 Å². The first-order valence-corrected chi connectivity index (χ1v) is 17.4. The van der Waals surface area contributed by atoms with Crippen molar-refractivity contribution in [3.8, 4) is 23.0 Å². The molecule has 4 aliphatic rings. The third kappa shape index (κ3) is 8.21. The average molecular weight is 655 g/mol. The molecule has 4 aliphatic heterocycles. The van der Waals surface area contributed by atoms with Gasteiger partial charge in [-0.15, -0.1) is 0 Å². The Morgan fingerprint density at radius 2 is 0.957 bits per heavy atom. The standard InChI is InChI=1S/2C19H29NO3.CH4/c2*1-12(2)7-14-11-20-6-5-13-8-18(22-3)19(23-4)9-15(13)16(20)10-17(14)21;/h2*8-9,12,14,16-17,21H,5-7,10-11H2,1-4H3;1H4/t14-,16-,17-;;/m1../s1. The van der Waals surface area contributed by atoms with Gasteiger partial charge in [-0.2, -0.15) is 0 Å². The van der Waals surface area contributed by atoms with E-state index >= 15 is 0 Å². The Kier molecular flexibility index (Phi) is 12.9. The summed E-state index contributed by atoms with van der Waals surface area (Å²) < 4.78 is 21.8. The topological polar surface area (TPSA) is 83.9 Å². The van der Waals surface area contributed by atoms with E-state index in [1.165, 1.54) is 22.3 Å². The van der Waals surface area contributed by atoms with E-state index in [1.807, 2.05) is 0 Å². The van der Waals surface area contributed by atoms with Crippen LogP contribution in [0.5, 0.6) is 23.0 Å². The normalized spacial score (nSPS) is 26.9. The van der Waals surface area contributed by atoms with Crippen LogP contribution in [0.25, 0.3) is 0 Å². The van der Waals surface area contributed by atoms with Crippen LogP contribution in [0.1, 0.15) is 95.1 Å². The molecule has 2 aromatic rings. The lowest BCUT2D eigenvalue weighted by Crippen LogP contribution is -2.48. The van der Waals surface area contributed by atoms with Crippen molar-refractivity contribution in [3.63, 3.8) is 0 Å². The maximum atomic E-state index is 10.6. The van der Waals surface area contributed by atoms with Gasteiger partial charge in [0.15, 0.2) is 23.0 Å². The monoisotopic (exact) mass is 654 g/mol. The molecule has 0 aromatic heterocycles. The molecule has 2 N–H and O–H groups in total. The molecule has 0 spiro atoms. The second-order valence-corrected chi connectivity index (χ2v) is 14.7. The van der Waals surface area contributed by atoms with Gasteiger partial charge >= 0.3 is 0 Å². The summed E-state index contributed by atoms with van der Waals surface area (Å²) in [4.78, 5) is 5.10. The number of hydrogen-bond acceptors (Lipinski definition) is 8. The third-order valence-corrected chi connectivity index (χ3v) is 10.7. The van der Waals surface area contributed by atoms with Gasteiger partial charge < -0.3 is 29.2 Å². The van der Waals surface area contributed by atoms with Crippen LogP contribution in [-0.4, -0.2) is 86.8 Å². The summed E-state index contributed by atoms with van der Waals surface area (Å²) in [7, 11) is 6.72. The van der Waals surface area contributed by atoms with Crippen molar-refractivity contribution in [2.45, 2.75) is 97.9 Å². The Labute approximate surface area is 284 Å². The van der Waals surface area contributed by atoms with E-state index in [4.69, 9.17) is 18.9 Å². The predicted molar refractivity (Wildman–Crippen MR) is 189 cm³/mol. The predicted octanol–water partition coefficient (Wildman–Crippen LogP) is 6.70. The highest BCUT2D eigenvalue weighted by Crippen LogP contribution is 2.45. The highest BCUT2D eigenvalue weighted by molar-refractivity contribution is 5.50. The highest BCUT2D eigenvalue weighted by atomic mass is 16.5. The molecule has 2 fully saturated rings. The third-order valence-electron chi connectivity index (χ3n) is 10.7. The number of aliphatic hydroxyl groups excluding tert-OH is 2. The minimum absolute atomic E-state index is 0. The number of piperidine rings is 2. The van der Waals surface area contributed by atoms with Gasteiger partial charge in [-0.05, 0) is 109 Å². The van der Waals surface area contributed by atoms with E-state index in [9.17, 15) is 10.2 Å². The van der Waals surface area contributed by atoms with Gasteiger partial charge in [0.1, 0.15) is 0 Å². The van der Waals surface area contributed by atoms with E-state index in [0.29, 0.717) is 35.8 Å². The van der Waals surface area contributed by atoms with Crippen molar-refractivity contribution in [3.05, 3.63) is 46.5 Å². The van der Waals surface area contributed by atoms with Crippen molar-refractivity contribution in [1.82, 2.24) is 9.80 Å². The lowest BCUT2D eigenvalue weighted by Gasteiger charge is -2.46. The number of rotatable bonds is 8. The van der Waals surface area contributed by atoms with Crippen LogP contribution in [0.15, 0.2) is 24.3 Å². The van der Waals surface area contributed by atoms with E-state index in [0.717, 1.165) is 87.7 Å². The molecule has 0 aliphatic carbocycles. The lowest BCUT2D eigenvalue weighted by atomic mass is 9.79. The van der Waals surface area contributed by atoms with E-state index < -0.39 is 0 Å². The number of aliphatic hydroxyl groups is 2. The summed E-state index contributed by atoms with van der Waals surface area (Å²) in [6.45, 7) is 13.1. The van der Waals surface area contributed by atoms with Crippen LogP contribution in [0.2, 0.25) is 0 Å². The zero-order valence-electron chi connectivity index (χ0n) is 29.4. The SMILES string of the molecule is C.COc1cc2c(cc1OC)C1CC(O)C(CC(C)C)CN1CC2.COc1cc2c(cc1OC)[C@H]1C[C@@H](O)[C@H](CC(C)C)CN1CC2. The highest BCUT2D eigenvalue weighted by Gasteiger charge is 2.40. The molecule has 47 heavy (non-hydrogen) atoms. The second-order valence-electron chi connectivity index (χ2n) is 14.7. The molecular weight excluding hydrogens is 592 g/mol. The summed E-state index contributed by atoms with van der Waals surface area (Å²) in [5.74, 6) is 5.22. The molecule has 2 saturated heterocycles. The Hall–Kier alpha value is -2.52. The molecule has 6 atom stereocenters. The molecule has 0 amide bonds. The van der Waals surface area contributed by atoms with Gasteiger partial charge in [0.05, 0.1) is 40.6 Å². The molecule has 4 heterocycles. The first kappa shape index (κ1) is 37.3. The van der Waals surface area contributed by atoms with E-state index in [2.05, 4.69) is 61.8 Å². The molecule has 6 rings (SSSR count). The lowest BCUT2D eigenvalue weighted by molar-refractivity contribution is -0.0192. The molecule has 8 nitrogen and oxygen atoms in total. The minimum atomic E-state index is -0.210. The van der Waals surface area contributed by atoms with Crippen LogP contribution in [0.3, 0.4) is 0 Å². The fraction of sp³-hybridized carbons (Fsp3) is 0.692. The second kappa shape index (κ2) is 16.3. The number of hydrogen-bond donors (Lipinski definition) is 2. The molecule has 0 radical (unpaired) electrons. The maximum Gasteiger partial charge on any atom is 0.161 e. The number of ether oxygens (including phenoxy) is 4. The van der Waals surface area contributed by atoms with Gasteiger partial charge in [-0.25, -0.2) is 0 Å². The number of benzene rings is 2. The smallest absolute Gasteiger partial charge is 0.161 e. The van der Waals surface area contributed by atoms with Crippen LogP contribution in [0, 0.1) is 23.7 Å². The van der Waals surface area contributed by atoms with E-state index in [-0.39, 0.29) is 19.6 Å². The van der Waals surface area contributed by atoms with Gasteiger partial charge in [0.2, 0.25) is 0 Å². The van der Waals surface area contributed by atoms with Crippen molar-refractivity contribution in [1.29, 1.82) is 0 Å². The van der Waals surface area contributed by atoms with Crippen LogP contribution in [-0.2, 0) is 12.8 Å². The van der Waals surface area contributed by atoms with Crippen molar-refractivity contribution in [2.75, 3.05) is 54.6 Å². The first-order chi connectivity index (χ1) is 22.1. The van der Waals surface area contributed by atoms with Crippen LogP contribution < -0.4 is 18.9 Å². The summed E-state index contributed by atoms with van der Waals surface area (Å²) in [6, 6.07) is 9.05. The number of fused-ring (bicyclic) bond motifs is 6. The van der Waals surface area contributed by atoms with Gasteiger partial charge in [-0.1, -0.05) is 35.1 Å². The largest absolute Gasteiger partial charge is 0.493 e. The Morgan fingerprint density at radius 1 is 0.617 bits per heavy atom. The van der Waals surface area contributed by atoms with E-state index in [1.54, 1.807) is 28.4 Å². The Morgan fingerprint density at radius 3 is 1.28 bits per heavy atom. The first-order valence-electron chi connectivity index (χ1n) is 17.4. The fourth-order valence-corrected chi connectivity index (χ4v) is 8.51. The number of nitrogens with zero attached hydrogens (tertiary/aromatic N) is 2. The number of methoxy groups -OCH3 is 4. The Bertz CT molecular complexity index is 1220. The maximum absolute atomic E-state index is 10.6.